The van der Waals surface area contributed by atoms with Crippen molar-refractivity contribution in [2.24, 2.45) is 0 Å². The number of halogens is 9. The van der Waals surface area contributed by atoms with Gasteiger partial charge >= 0.3 is 7.32 Å². The Hall–Kier alpha value is -2.93. The van der Waals surface area contributed by atoms with Gasteiger partial charge in [0.2, 0.25) is 0 Å². The summed E-state index contributed by atoms with van der Waals surface area (Å²) in [7, 11) is -2.92. The number of hydrogen-bond donors (Lipinski definition) is 2. The van der Waals surface area contributed by atoms with Crippen molar-refractivity contribution in [2.75, 3.05) is 0 Å². The summed E-state index contributed by atoms with van der Waals surface area (Å²) in [4.78, 5) is 0. The predicted octanol–water partition coefficient (Wildman–Crippen LogP) is 4.18. The van der Waals surface area contributed by atoms with E-state index in [9.17, 15) is 39.5 Å². The van der Waals surface area contributed by atoms with Crippen LogP contribution in [0.4, 0.5) is 39.5 Å². The van der Waals surface area contributed by atoms with Crippen LogP contribution >= 0.6 is 0 Å². The molecule has 0 heterocycles. The van der Waals surface area contributed by atoms with Crippen LogP contribution in [0.2, 0.25) is 0 Å². The molecule has 0 unspecified atom stereocenters. The average Bonchev–Trinajstić information content (AvgIpc) is 2.65. The Morgan fingerprint density at radius 2 is 0.724 bits per heavy atom. The molecule has 0 aliphatic heterocycles. The minimum Gasteiger partial charge on any atom is -0.509 e. The highest BCUT2D eigenvalue weighted by atomic mass is 19.2. The van der Waals surface area contributed by atoms with Gasteiger partial charge in [0.15, 0.2) is 58.1 Å². The van der Waals surface area contributed by atoms with Gasteiger partial charge in [-0.3, -0.25) is 0 Å². The Labute approximate surface area is 153 Å². The zero-order valence-corrected chi connectivity index (χ0v) is 13.3. The maximum absolute atomic E-state index is 14.6. The maximum atomic E-state index is 14.6. The van der Waals surface area contributed by atoms with Crippen LogP contribution in [0.15, 0.2) is 0 Å². The van der Waals surface area contributed by atoms with Gasteiger partial charge in [-0.05, 0) is 0 Å². The molecule has 4 aromatic rings. The van der Waals surface area contributed by atoms with Gasteiger partial charge in [-0.15, -0.1) is 0 Å². The fraction of sp³-hybridized carbons (Fsp3) is 0. The SMILES string of the molecule is OB(O)Oc1c(F)c(F)c2c(F)c(F)c3c(F)c(F)c(F)c4c(F)c(F)c1c2c34. The summed E-state index contributed by atoms with van der Waals surface area (Å²) in [5.41, 5.74) is 0. The summed E-state index contributed by atoms with van der Waals surface area (Å²) < 4.78 is 133. The van der Waals surface area contributed by atoms with Crippen LogP contribution in [0.3, 0.4) is 0 Å². The third kappa shape index (κ3) is 2.25. The zero-order chi connectivity index (χ0) is 21.5. The standard InChI is InChI=1S/C16H2BF9O3/c18-7-3-1-2-5(8(7)19)12(23)15(26)16(29-17(27)28)6(2)13(24)9(20)4(1)11(22)14(25)10(3)21/h27-28H. The molecular formula is C16H2BF9O3. The molecule has 4 aromatic carbocycles. The highest BCUT2D eigenvalue weighted by molar-refractivity contribution is 6.34. The lowest BCUT2D eigenvalue weighted by molar-refractivity contribution is 0.281. The molecule has 13 heteroatoms. The first-order valence-electron chi connectivity index (χ1n) is 7.41. The number of hydrogen-bond acceptors (Lipinski definition) is 3. The minimum atomic E-state index is -2.92. The molecular weight excluding hydrogens is 422 g/mol. The zero-order valence-electron chi connectivity index (χ0n) is 13.3. The van der Waals surface area contributed by atoms with E-state index in [1.807, 2.05) is 0 Å². The summed E-state index contributed by atoms with van der Waals surface area (Å²) >= 11 is 0. The van der Waals surface area contributed by atoms with Gasteiger partial charge in [0.1, 0.15) is 0 Å². The van der Waals surface area contributed by atoms with Crippen molar-refractivity contribution in [3.05, 3.63) is 52.4 Å². The first kappa shape index (κ1) is 19.4. The Morgan fingerprint density at radius 1 is 0.414 bits per heavy atom. The van der Waals surface area contributed by atoms with Gasteiger partial charge in [-0.1, -0.05) is 0 Å². The Morgan fingerprint density at radius 3 is 1.14 bits per heavy atom. The van der Waals surface area contributed by atoms with Gasteiger partial charge in [0.05, 0.1) is 21.5 Å². The van der Waals surface area contributed by atoms with Crippen LogP contribution < -0.4 is 4.65 Å². The smallest absolute Gasteiger partial charge is 0.509 e. The van der Waals surface area contributed by atoms with Crippen LogP contribution in [-0.2, 0) is 0 Å². The molecule has 0 aliphatic rings. The molecule has 0 radical (unpaired) electrons. The first-order valence-corrected chi connectivity index (χ1v) is 7.41. The number of benzene rings is 4. The van der Waals surface area contributed by atoms with Crippen molar-refractivity contribution in [2.45, 2.75) is 0 Å². The maximum Gasteiger partial charge on any atom is 0.707 e. The molecule has 0 fully saturated rings. The lowest BCUT2D eigenvalue weighted by Gasteiger charge is -2.19. The van der Waals surface area contributed by atoms with E-state index in [0.29, 0.717) is 0 Å². The van der Waals surface area contributed by atoms with Gasteiger partial charge < -0.3 is 14.7 Å². The highest BCUT2D eigenvalue weighted by Gasteiger charge is 2.36. The Kier molecular flexibility index (Phi) is 4.04. The fourth-order valence-corrected chi connectivity index (χ4v) is 3.31. The fourth-order valence-electron chi connectivity index (χ4n) is 3.31. The van der Waals surface area contributed by atoms with Crippen molar-refractivity contribution in [3.8, 4) is 5.75 Å². The lowest BCUT2D eigenvalue weighted by Crippen LogP contribution is -2.22. The first-order chi connectivity index (χ1) is 13.5. The second-order valence-electron chi connectivity index (χ2n) is 5.85. The topological polar surface area (TPSA) is 49.7 Å². The molecule has 3 nitrogen and oxygen atoms in total. The summed E-state index contributed by atoms with van der Waals surface area (Å²) in [5.74, 6) is -22.6. The number of rotatable bonds is 2. The molecule has 150 valence electrons. The van der Waals surface area contributed by atoms with Gasteiger partial charge in [0.25, 0.3) is 0 Å². The highest BCUT2D eigenvalue weighted by Crippen LogP contribution is 2.48. The van der Waals surface area contributed by atoms with Crippen molar-refractivity contribution in [3.63, 3.8) is 0 Å². The quantitative estimate of drug-likeness (QED) is 0.220. The van der Waals surface area contributed by atoms with Crippen LogP contribution in [0, 0.1) is 52.4 Å². The van der Waals surface area contributed by atoms with Crippen LogP contribution in [-0.4, -0.2) is 17.4 Å². The predicted molar refractivity (Wildman–Crippen MR) is 80.6 cm³/mol. The minimum absolute atomic E-state index is 1.31. The van der Waals surface area contributed by atoms with Crippen molar-refractivity contribution in [1.29, 1.82) is 0 Å². The Balaban J connectivity index is 2.52. The van der Waals surface area contributed by atoms with Crippen LogP contribution in [0.5, 0.6) is 5.75 Å². The van der Waals surface area contributed by atoms with E-state index < -0.39 is 97.7 Å². The molecule has 0 aliphatic carbocycles. The third-order valence-electron chi connectivity index (χ3n) is 4.40. The van der Waals surface area contributed by atoms with Gasteiger partial charge in [-0.25, -0.2) is 35.1 Å². The summed E-state index contributed by atoms with van der Waals surface area (Å²) in [6.45, 7) is 0. The summed E-state index contributed by atoms with van der Waals surface area (Å²) in [6.07, 6.45) is 0. The van der Waals surface area contributed by atoms with E-state index >= 15 is 0 Å². The van der Waals surface area contributed by atoms with Crippen molar-refractivity contribution < 1.29 is 54.2 Å². The molecule has 0 saturated carbocycles. The van der Waals surface area contributed by atoms with E-state index in [4.69, 9.17) is 10.0 Å². The summed E-state index contributed by atoms with van der Waals surface area (Å²) in [6, 6.07) is 0. The van der Waals surface area contributed by atoms with E-state index in [1.54, 1.807) is 0 Å². The molecule has 0 saturated heterocycles. The molecule has 4 rings (SSSR count). The molecule has 29 heavy (non-hydrogen) atoms. The van der Waals surface area contributed by atoms with Gasteiger partial charge in [0, 0.05) is 10.8 Å². The molecule has 0 atom stereocenters. The van der Waals surface area contributed by atoms with Gasteiger partial charge in [-0.2, -0.15) is 4.39 Å². The lowest BCUT2D eigenvalue weighted by atomic mass is 9.90. The van der Waals surface area contributed by atoms with E-state index in [-0.39, 0.29) is 0 Å². The Bertz CT molecular complexity index is 1330. The van der Waals surface area contributed by atoms with Crippen LogP contribution in [0.25, 0.3) is 32.3 Å². The molecule has 0 aromatic heterocycles. The van der Waals surface area contributed by atoms with Crippen molar-refractivity contribution >= 4 is 39.6 Å². The monoisotopic (exact) mass is 424 g/mol. The van der Waals surface area contributed by atoms with Crippen LogP contribution in [0.1, 0.15) is 0 Å². The largest absolute Gasteiger partial charge is 0.707 e. The molecule has 0 bridgehead atoms. The average molecular weight is 424 g/mol. The second kappa shape index (κ2) is 6.03. The summed E-state index contributed by atoms with van der Waals surface area (Å²) in [5, 5.41) is 8.39. The normalized spacial score (nSPS) is 12.0. The molecule has 0 spiro atoms. The van der Waals surface area contributed by atoms with E-state index in [1.165, 1.54) is 0 Å². The van der Waals surface area contributed by atoms with E-state index in [0.717, 1.165) is 0 Å². The van der Waals surface area contributed by atoms with Crippen molar-refractivity contribution in [1.82, 2.24) is 0 Å². The molecule has 0 amide bonds. The third-order valence-corrected chi connectivity index (χ3v) is 4.40. The molecule has 2 N–H and O–H groups in total. The second-order valence-corrected chi connectivity index (χ2v) is 5.85. The van der Waals surface area contributed by atoms with E-state index in [2.05, 4.69) is 4.65 Å².